The molecule has 4 rings (SSSR count). The minimum absolute atomic E-state index is 0.701. The molecule has 2 heterocycles. The van der Waals surface area contributed by atoms with Crippen molar-refractivity contribution < 1.29 is 0 Å². The zero-order valence-electron chi connectivity index (χ0n) is 13.1. The van der Waals surface area contributed by atoms with Crippen LogP contribution in [-0.4, -0.2) is 39.3 Å². The number of nitrogens with zero attached hydrogens (tertiary/aromatic N) is 6. The lowest BCUT2D eigenvalue weighted by Gasteiger charge is -2.12. The zero-order chi connectivity index (χ0) is 16.5. The van der Waals surface area contributed by atoms with Crippen molar-refractivity contribution in [2.75, 3.05) is 19.0 Å². The Morgan fingerprint density at radius 2 is 1.83 bits per heavy atom. The number of aromatic nitrogens is 5. The summed E-state index contributed by atoms with van der Waals surface area (Å²) in [6, 6.07) is 16.2. The summed E-state index contributed by atoms with van der Waals surface area (Å²) in [4.78, 5) is 6.68. The fourth-order valence-electron chi connectivity index (χ4n) is 2.27. The standard InChI is InChI=1S/C16H14N6S2/c1-21(2)11-7-9-12(10-8-11)22-15(18-19-20-22)24-16-17-13-5-3-4-6-14(13)23-16/h3-10H,1-2H3. The second kappa shape index (κ2) is 6.21. The van der Waals surface area contributed by atoms with Crippen molar-refractivity contribution in [3.05, 3.63) is 48.5 Å². The van der Waals surface area contributed by atoms with Crippen LogP contribution < -0.4 is 4.90 Å². The minimum atomic E-state index is 0.701. The van der Waals surface area contributed by atoms with Crippen molar-refractivity contribution in [3.8, 4) is 5.69 Å². The molecule has 0 amide bonds. The molecule has 0 saturated carbocycles. The molecule has 8 heteroatoms. The number of rotatable bonds is 4. The van der Waals surface area contributed by atoms with Crippen LogP contribution in [-0.2, 0) is 0 Å². The maximum Gasteiger partial charge on any atom is 0.221 e. The molecule has 6 nitrogen and oxygen atoms in total. The lowest BCUT2D eigenvalue weighted by Crippen LogP contribution is -2.08. The van der Waals surface area contributed by atoms with Gasteiger partial charge in [-0.05, 0) is 58.6 Å². The molecule has 0 bridgehead atoms. The molecule has 2 aromatic heterocycles. The van der Waals surface area contributed by atoms with Crippen LogP contribution in [0.15, 0.2) is 58.0 Å². The molecule has 0 aliphatic rings. The number of thiazole rings is 1. The number of hydrogen-bond acceptors (Lipinski definition) is 7. The molecule has 0 unspecified atom stereocenters. The van der Waals surface area contributed by atoms with Crippen molar-refractivity contribution in [2.24, 2.45) is 0 Å². The van der Waals surface area contributed by atoms with E-state index in [1.165, 1.54) is 11.8 Å². The van der Waals surface area contributed by atoms with E-state index in [1.54, 1.807) is 16.0 Å². The van der Waals surface area contributed by atoms with Crippen molar-refractivity contribution >= 4 is 39.0 Å². The van der Waals surface area contributed by atoms with Gasteiger partial charge in [-0.15, -0.1) is 16.4 Å². The summed E-state index contributed by atoms with van der Waals surface area (Å²) in [7, 11) is 4.03. The quantitative estimate of drug-likeness (QED) is 0.559. The summed E-state index contributed by atoms with van der Waals surface area (Å²) < 4.78 is 3.82. The number of tetrazole rings is 1. The molecule has 0 N–H and O–H groups in total. The number of para-hydroxylation sites is 1. The third-order valence-corrected chi connectivity index (χ3v) is 5.54. The molecular formula is C16H14N6S2. The van der Waals surface area contributed by atoms with Gasteiger partial charge in [0.25, 0.3) is 0 Å². The van der Waals surface area contributed by atoms with Gasteiger partial charge in [0.15, 0.2) is 4.34 Å². The smallest absolute Gasteiger partial charge is 0.221 e. The molecule has 0 fully saturated rings. The Morgan fingerprint density at radius 3 is 2.58 bits per heavy atom. The van der Waals surface area contributed by atoms with Gasteiger partial charge in [-0.2, -0.15) is 4.68 Å². The first-order chi connectivity index (χ1) is 11.7. The van der Waals surface area contributed by atoms with Crippen molar-refractivity contribution in [1.29, 1.82) is 0 Å². The van der Waals surface area contributed by atoms with Crippen LogP contribution in [0, 0.1) is 0 Å². The second-order valence-electron chi connectivity index (χ2n) is 5.33. The van der Waals surface area contributed by atoms with Gasteiger partial charge in [0.1, 0.15) is 0 Å². The Morgan fingerprint density at radius 1 is 1.04 bits per heavy atom. The van der Waals surface area contributed by atoms with Crippen LogP contribution in [0.25, 0.3) is 15.9 Å². The predicted molar refractivity (Wildman–Crippen MR) is 97.2 cm³/mol. The molecule has 0 aliphatic heterocycles. The zero-order valence-corrected chi connectivity index (χ0v) is 14.8. The van der Waals surface area contributed by atoms with Crippen LogP contribution >= 0.6 is 23.1 Å². The van der Waals surface area contributed by atoms with Crippen molar-refractivity contribution in [3.63, 3.8) is 0 Å². The highest BCUT2D eigenvalue weighted by Crippen LogP contribution is 2.33. The van der Waals surface area contributed by atoms with Gasteiger partial charge in [-0.1, -0.05) is 12.1 Å². The fraction of sp³-hybridized carbons (Fsp3) is 0.125. The van der Waals surface area contributed by atoms with E-state index in [1.807, 2.05) is 56.6 Å². The van der Waals surface area contributed by atoms with Gasteiger partial charge in [-0.3, -0.25) is 0 Å². The maximum atomic E-state index is 4.63. The molecule has 4 aromatic rings. The van der Waals surface area contributed by atoms with E-state index in [4.69, 9.17) is 0 Å². The van der Waals surface area contributed by atoms with Crippen LogP contribution in [0.2, 0.25) is 0 Å². The predicted octanol–water partition coefficient (Wildman–Crippen LogP) is 3.49. The van der Waals surface area contributed by atoms with E-state index in [0.717, 1.165) is 25.9 Å². The summed E-state index contributed by atoms with van der Waals surface area (Å²) in [5, 5.41) is 12.8. The Hall–Kier alpha value is -2.45. The number of fused-ring (bicyclic) bond motifs is 1. The Bertz CT molecular complexity index is 941. The topological polar surface area (TPSA) is 59.7 Å². The van der Waals surface area contributed by atoms with Gasteiger partial charge < -0.3 is 4.90 Å². The largest absolute Gasteiger partial charge is 0.378 e. The molecule has 0 radical (unpaired) electrons. The molecule has 0 atom stereocenters. The number of anilines is 1. The Balaban J connectivity index is 1.64. The van der Waals surface area contributed by atoms with Gasteiger partial charge in [0, 0.05) is 19.8 Å². The highest BCUT2D eigenvalue weighted by Gasteiger charge is 2.13. The van der Waals surface area contributed by atoms with Gasteiger partial charge in [0.2, 0.25) is 5.16 Å². The molecule has 0 saturated heterocycles. The molecule has 120 valence electrons. The van der Waals surface area contributed by atoms with E-state index in [-0.39, 0.29) is 0 Å². The van der Waals surface area contributed by atoms with Gasteiger partial charge >= 0.3 is 0 Å². The first-order valence-corrected chi connectivity index (χ1v) is 8.93. The van der Waals surface area contributed by atoms with Crippen molar-refractivity contribution in [2.45, 2.75) is 9.50 Å². The summed E-state index contributed by atoms with van der Waals surface area (Å²) in [5.41, 5.74) is 3.06. The molecule has 2 aromatic carbocycles. The third kappa shape index (κ3) is 2.85. The van der Waals surface area contributed by atoms with Gasteiger partial charge in [0.05, 0.1) is 15.9 Å². The molecular weight excluding hydrogens is 340 g/mol. The SMILES string of the molecule is CN(C)c1ccc(-n2nnnc2Sc2nc3ccccc3s2)cc1. The third-order valence-electron chi connectivity index (χ3n) is 3.50. The summed E-state index contributed by atoms with van der Waals surface area (Å²) in [5.74, 6) is 0. The fourth-order valence-corrected chi connectivity index (χ4v) is 4.23. The summed E-state index contributed by atoms with van der Waals surface area (Å²) in [6.07, 6.45) is 0. The monoisotopic (exact) mass is 354 g/mol. The van der Waals surface area contributed by atoms with Crippen LogP contribution in [0.5, 0.6) is 0 Å². The average molecular weight is 354 g/mol. The number of hydrogen-bond donors (Lipinski definition) is 0. The van der Waals surface area contributed by atoms with Crippen molar-refractivity contribution in [1.82, 2.24) is 25.2 Å². The molecule has 0 aliphatic carbocycles. The van der Waals surface area contributed by atoms with E-state index in [2.05, 4.69) is 31.5 Å². The second-order valence-corrected chi connectivity index (χ2v) is 7.58. The van der Waals surface area contributed by atoms with Crippen LogP contribution in [0.3, 0.4) is 0 Å². The number of benzene rings is 2. The first kappa shape index (κ1) is 15.1. The first-order valence-electron chi connectivity index (χ1n) is 7.30. The van der Waals surface area contributed by atoms with E-state index < -0.39 is 0 Å². The Labute approximate surface area is 147 Å². The normalized spacial score (nSPS) is 11.1. The van der Waals surface area contributed by atoms with Crippen LogP contribution in [0.4, 0.5) is 5.69 Å². The Kier molecular flexibility index (Phi) is 3.91. The highest BCUT2D eigenvalue weighted by molar-refractivity contribution is 8.01. The maximum absolute atomic E-state index is 4.63. The lowest BCUT2D eigenvalue weighted by molar-refractivity contribution is 0.756. The van der Waals surface area contributed by atoms with Crippen LogP contribution in [0.1, 0.15) is 0 Å². The van der Waals surface area contributed by atoms with E-state index in [9.17, 15) is 0 Å². The van der Waals surface area contributed by atoms with Gasteiger partial charge in [-0.25, -0.2) is 4.98 Å². The lowest BCUT2D eigenvalue weighted by atomic mass is 10.3. The average Bonchev–Trinajstić information content (AvgIpc) is 3.21. The molecule has 0 spiro atoms. The highest BCUT2D eigenvalue weighted by atomic mass is 32.2. The minimum Gasteiger partial charge on any atom is -0.378 e. The molecule has 24 heavy (non-hydrogen) atoms. The van der Waals surface area contributed by atoms with E-state index in [0.29, 0.717) is 5.16 Å². The summed E-state index contributed by atoms with van der Waals surface area (Å²) >= 11 is 3.12. The summed E-state index contributed by atoms with van der Waals surface area (Å²) in [6.45, 7) is 0. The van der Waals surface area contributed by atoms with E-state index >= 15 is 0 Å².